The molecule has 38 heavy (non-hydrogen) atoms. The van der Waals surface area contributed by atoms with E-state index >= 15 is 0 Å². The number of carbonyl (C=O) groups excluding carboxylic acids is 1. The molecule has 6 nitrogen and oxygen atoms in total. The molecule has 1 amide bonds. The maximum absolute atomic E-state index is 14.1. The van der Waals surface area contributed by atoms with E-state index in [4.69, 9.17) is 21.1 Å². The summed E-state index contributed by atoms with van der Waals surface area (Å²) in [6, 6.07) is 8.98. The molecule has 4 rings (SSSR count). The average Bonchev–Trinajstić information content (AvgIpc) is 2.88. The second kappa shape index (κ2) is 12.7. The standard InChI is InChI=1S/C27H32ClF4N3O3/c1-37-18-25-17-34(10-11-38-25)7-6-33-8-9-35(24(16-33)12-19-2-4-22(28)5-3-19)26(36)20-13-21(27(30,31)32)15-23(29)14-20/h2-5,13-15,24-25H,6-12,16-18H2,1H3/t24-,25+/m1/s1. The molecule has 2 aromatic carbocycles. The lowest BCUT2D eigenvalue weighted by Crippen LogP contribution is -2.57. The summed E-state index contributed by atoms with van der Waals surface area (Å²) in [4.78, 5) is 19.6. The first-order valence-electron chi connectivity index (χ1n) is 12.6. The number of carbonyl (C=O) groups is 1. The van der Waals surface area contributed by atoms with Crippen molar-refractivity contribution in [3.63, 3.8) is 0 Å². The zero-order chi connectivity index (χ0) is 27.3. The molecule has 2 aliphatic rings. The molecule has 2 saturated heterocycles. The average molecular weight is 558 g/mol. The Balaban J connectivity index is 1.48. The van der Waals surface area contributed by atoms with Gasteiger partial charge >= 0.3 is 6.18 Å². The Morgan fingerprint density at radius 3 is 2.45 bits per heavy atom. The third-order valence-electron chi connectivity index (χ3n) is 6.99. The molecular weight excluding hydrogens is 526 g/mol. The van der Waals surface area contributed by atoms with Gasteiger partial charge in [0.2, 0.25) is 0 Å². The Labute approximate surface area is 225 Å². The van der Waals surface area contributed by atoms with Gasteiger partial charge in [-0.1, -0.05) is 23.7 Å². The first kappa shape index (κ1) is 28.8. The Morgan fingerprint density at radius 2 is 1.76 bits per heavy atom. The fourth-order valence-electron chi connectivity index (χ4n) is 5.05. The molecule has 2 heterocycles. The van der Waals surface area contributed by atoms with Crippen molar-refractivity contribution in [3.05, 3.63) is 70.0 Å². The number of ether oxygens (including phenoxy) is 2. The molecule has 0 bridgehead atoms. The maximum atomic E-state index is 14.1. The highest BCUT2D eigenvalue weighted by molar-refractivity contribution is 6.30. The summed E-state index contributed by atoms with van der Waals surface area (Å²) in [7, 11) is 1.65. The molecule has 0 saturated carbocycles. The molecule has 2 aliphatic heterocycles. The highest BCUT2D eigenvalue weighted by Gasteiger charge is 2.35. The van der Waals surface area contributed by atoms with Crippen LogP contribution in [0.15, 0.2) is 42.5 Å². The molecule has 0 aromatic heterocycles. The quantitative estimate of drug-likeness (QED) is 0.455. The van der Waals surface area contributed by atoms with E-state index in [1.54, 1.807) is 24.1 Å². The summed E-state index contributed by atoms with van der Waals surface area (Å²) >= 11 is 6.03. The van der Waals surface area contributed by atoms with Crippen LogP contribution >= 0.6 is 11.6 Å². The lowest BCUT2D eigenvalue weighted by Gasteiger charge is -2.42. The lowest BCUT2D eigenvalue weighted by atomic mass is 10.00. The molecule has 208 valence electrons. The van der Waals surface area contributed by atoms with E-state index in [0.29, 0.717) is 50.4 Å². The first-order chi connectivity index (χ1) is 18.1. The van der Waals surface area contributed by atoms with Gasteiger partial charge in [0.05, 0.1) is 24.9 Å². The van der Waals surface area contributed by atoms with E-state index in [-0.39, 0.29) is 17.7 Å². The summed E-state index contributed by atoms with van der Waals surface area (Å²) in [5, 5.41) is 0.587. The molecule has 2 fully saturated rings. The predicted molar refractivity (Wildman–Crippen MR) is 136 cm³/mol. The Kier molecular flexibility index (Phi) is 9.64. The molecule has 0 radical (unpaired) electrons. The molecule has 11 heteroatoms. The molecule has 0 unspecified atom stereocenters. The van der Waals surface area contributed by atoms with E-state index in [9.17, 15) is 22.4 Å². The number of hydrogen-bond donors (Lipinski definition) is 0. The van der Waals surface area contributed by atoms with Crippen molar-refractivity contribution in [2.45, 2.75) is 24.7 Å². The van der Waals surface area contributed by atoms with Gasteiger partial charge in [0, 0.05) is 69.6 Å². The number of amides is 1. The largest absolute Gasteiger partial charge is 0.416 e. The summed E-state index contributed by atoms with van der Waals surface area (Å²) in [5.41, 5.74) is -0.528. The fraction of sp³-hybridized carbons (Fsp3) is 0.519. The van der Waals surface area contributed by atoms with Crippen molar-refractivity contribution in [1.82, 2.24) is 14.7 Å². The van der Waals surface area contributed by atoms with Gasteiger partial charge in [0.15, 0.2) is 0 Å². The number of alkyl halides is 3. The zero-order valence-electron chi connectivity index (χ0n) is 21.2. The number of benzene rings is 2. The highest BCUT2D eigenvalue weighted by atomic mass is 35.5. The topological polar surface area (TPSA) is 45.2 Å². The fourth-order valence-corrected chi connectivity index (χ4v) is 5.18. The number of methoxy groups -OCH3 is 1. The van der Waals surface area contributed by atoms with Crippen LogP contribution in [0, 0.1) is 5.82 Å². The minimum Gasteiger partial charge on any atom is -0.382 e. The summed E-state index contributed by atoms with van der Waals surface area (Å²) in [6.45, 7) is 5.82. The summed E-state index contributed by atoms with van der Waals surface area (Å²) in [5.74, 6) is -1.70. The van der Waals surface area contributed by atoms with Gasteiger partial charge in [-0.25, -0.2) is 4.39 Å². The maximum Gasteiger partial charge on any atom is 0.416 e. The van der Waals surface area contributed by atoms with Crippen molar-refractivity contribution in [2.75, 3.05) is 66.1 Å². The van der Waals surface area contributed by atoms with Crippen LogP contribution in [-0.2, 0) is 22.1 Å². The van der Waals surface area contributed by atoms with Crippen molar-refractivity contribution in [2.24, 2.45) is 0 Å². The lowest BCUT2D eigenvalue weighted by molar-refractivity contribution is -0.137. The number of rotatable bonds is 8. The Bertz CT molecular complexity index is 1080. The third kappa shape index (κ3) is 7.66. The number of piperazine rings is 1. The van der Waals surface area contributed by atoms with Crippen molar-refractivity contribution in [1.29, 1.82) is 0 Å². The van der Waals surface area contributed by atoms with Crippen LogP contribution in [0.2, 0.25) is 5.02 Å². The van der Waals surface area contributed by atoms with Gasteiger partial charge in [0.25, 0.3) is 5.91 Å². The van der Waals surface area contributed by atoms with E-state index in [1.807, 2.05) is 12.1 Å². The Morgan fingerprint density at radius 1 is 1.05 bits per heavy atom. The number of halogens is 5. The second-order valence-corrected chi connectivity index (χ2v) is 10.2. The van der Waals surface area contributed by atoms with Crippen molar-refractivity contribution in [3.8, 4) is 0 Å². The minimum atomic E-state index is -4.75. The summed E-state index contributed by atoms with van der Waals surface area (Å²) < 4.78 is 64.8. The molecule has 0 aliphatic carbocycles. The Hall–Kier alpha value is -2.24. The summed E-state index contributed by atoms with van der Waals surface area (Å²) in [6.07, 6.45) is -4.22. The second-order valence-electron chi connectivity index (χ2n) is 9.76. The molecule has 2 atom stereocenters. The van der Waals surface area contributed by atoms with E-state index in [2.05, 4.69) is 9.80 Å². The van der Waals surface area contributed by atoms with E-state index < -0.39 is 23.5 Å². The van der Waals surface area contributed by atoms with Crippen molar-refractivity contribution < 1.29 is 31.8 Å². The van der Waals surface area contributed by atoms with Gasteiger partial charge < -0.3 is 14.4 Å². The molecule has 0 N–H and O–H groups in total. The van der Waals surface area contributed by atoms with Crippen LogP contribution in [0.25, 0.3) is 0 Å². The molecule has 0 spiro atoms. The number of hydrogen-bond acceptors (Lipinski definition) is 5. The minimum absolute atomic E-state index is 0.0359. The normalized spacial score (nSPS) is 21.6. The van der Waals surface area contributed by atoms with Crippen LogP contribution in [-0.4, -0.2) is 98.9 Å². The highest BCUT2D eigenvalue weighted by Crippen LogP contribution is 2.31. The van der Waals surface area contributed by atoms with Crippen LogP contribution in [0.5, 0.6) is 0 Å². The SMILES string of the molecule is COC[C@@H]1CN(CCN2CCN(C(=O)c3cc(F)cc(C(F)(F)F)c3)[C@H](Cc3ccc(Cl)cc3)C2)CCO1. The zero-order valence-corrected chi connectivity index (χ0v) is 22.0. The third-order valence-corrected chi connectivity index (χ3v) is 7.24. The monoisotopic (exact) mass is 557 g/mol. The van der Waals surface area contributed by atoms with Gasteiger partial charge in [-0.05, 0) is 42.3 Å². The van der Waals surface area contributed by atoms with Gasteiger partial charge in [0.1, 0.15) is 5.82 Å². The number of morpholine rings is 1. The van der Waals surface area contributed by atoms with Gasteiger partial charge in [-0.15, -0.1) is 0 Å². The van der Waals surface area contributed by atoms with E-state index in [0.717, 1.165) is 43.9 Å². The smallest absolute Gasteiger partial charge is 0.382 e. The van der Waals surface area contributed by atoms with Crippen LogP contribution < -0.4 is 0 Å². The van der Waals surface area contributed by atoms with Crippen LogP contribution in [0.3, 0.4) is 0 Å². The van der Waals surface area contributed by atoms with Crippen LogP contribution in [0.1, 0.15) is 21.5 Å². The van der Waals surface area contributed by atoms with Gasteiger partial charge in [-0.3, -0.25) is 14.6 Å². The van der Waals surface area contributed by atoms with E-state index in [1.165, 1.54) is 0 Å². The molecular formula is C27H32ClF4N3O3. The van der Waals surface area contributed by atoms with Crippen molar-refractivity contribution >= 4 is 17.5 Å². The first-order valence-corrected chi connectivity index (χ1v) is 13.0. The van der Waals surface area contributed by atoms with Gasteiger partial charge in [-0.2, -0.15) is 13.2 Å². The van der Waals surface area contributed by atoms with Crippen LogP contribution in [0.4, 0.5) is 17.6 Å². The number of nitrogens with zero attached hydrogens (tertiary/aromatic N) is 3. The predicted octanol–water partition coefficient (Wildman–Crippen LogP) is 4.21. The molecule has 2 aromatic rings.